The Morgan fingerprint density at radius 3 is 2.67 bits per heavy atom. The van der Waals surface area contributed by atoms with E-state index < -0.39 is 0 Å². The zero-order valence-corrected chi connectivity index (χ0v) is 17.9. The minimum absolute atomic E-state index is 0.587. The molecule has 0 saturated carbocycles. The first-order valence-corrected chi connectivity index (χ1v) is 10.3. The maximum atomic E-state index is 5.51. The fourth-order valence-corrected chi connectivity index (χ4v) is 4.15. The topological polar surface area (TPSA) is 74.1 Å². The van der Waals surface area contributed by atoms with E-state index in [1.54, 1.807) is 38.0 Å². The summed E-state index contributed by atoms with van der Waals surface area (Å²) in [7, 11) is 3.29. The van der Waals surface area contributed by atoms with E-state index >= 15 is 0 Å². The molecule has 8 heteroatoms. The summed E-state index contributed by atoms with van der Waals surface area (Å²) in [6, 6.07) is 11.9. The average molecular weight is 422 g/mol. The SMILES string of the molecule is COc1cccc(CNc2nc(C)c(-c3ccn(Cc4ccncc4)n3)s2)c1OC. The van der Waals surface area contributed by atoms with Gasteiger partial charge in [0.05, 0.1) is 31.3 Å². The Morgan fingerprint density at radius 2 is 1.90 bits per heavy atom. The number of rotatable bonds is 8. The van der Waals surface area contributed by atoms with Crippen LogP contribution in [0.2, 0.25) is 0 Å². The molecule has 0 saturated heterocycles. The summed E-state index contributed by atoms with van der Waals surface area (Å²) >= 11 is 1.59. The molecule has 7 nitrogen and oxygen atoms in total. The number of benzene rings is 1. The molecule has 0 aliphatic heterocycles. The van der Waals surface area contributed by atoms with E-state index in [2.05, 4.69) is 15.3 Å². The van der Waals surface area contributed by atoms with Crippen molar-refractivity contribution >= 4 is 16.5 Å². The van der Waals surface area contributed by atoms with Crippen LogP contribution in [0.3, 0.4) is 0 Å². The van der Waals surface area contributed by atoms with Gasteiger partial charge in [-0.05, 0) is 36.8 Å². The number of aryl methyl sites for hydroxylation is 1. The Labute approximate surface area is 179 Å². The van der Waals surface area contributed by atoms with Gasteiger partial charge in [-0.1, -0.05) is 23.5 Å². The molecule has 0 radical (unpaired) electrons. The van der Waals surface area contributed by atoms with E-state index in [1.165, 1.54) is 0 Å². The third kappa shape index (κ3) is 4.28. The number of aromatic nitrogens is 4. The molecule has 3 aromatic heterocycles. The first-order chi connectivity index (χ1) is 14.7. The van der Waals surface area contributed by atoms with Crippen molar-refractivity contribution in [3.05, 3.63) is 71.8 Å². The molecule has 4 rings (SSSR count). The Kier molecular flexibility index (Phi) is 5.94. The maximum Gasteiger partial charge on any atom is 0.183 e. The van der Waals surface area contributed by atoms with Gasteiger partial charge in [-0.15, -0.1) is 0 Å². The largest absolute Gasteiger partial charge is 0.493 e. The van der Waals surface area contributed by atoms with Crippen LogP contribution in [0.25, 0.3) is 10.6 Å². The van der Waals surface area contributed by atoms with Crippen LogP contribution in [0.15, 0.2) is 55.0 Å². The molecule has 0 spiro atoms. The summed E-state index contributed by atoms with van der Waals surface area (Å²) in [5, 5.41) is 8.96. The van der Waals surface area contributed by atoms with E-state index in [4.69, 9.17) is 14.6 Å². The first kappa shape index (κ1) is 19.9. The normalized spacial score (nSPS) is 10.8. The monoisotopic (exact) mass is 421 g/mol. The lowest BCUT2D eigenvalue weighted by molar-refractivity contribution is 0.352. The Morgan fingerprint density at radius 1 is 1.07 bits per heavy atom. The summed E-state index contributed by atoms with van der Waals surface area (Å²) in [5.41, 5.74) is 4.04. The van der Waals surface area contributed by atoms with Crippen molar-refractivity contribution in [3.8, 4) is 22.1 Å². The molecule has 0 atom stereocenters. The van der Waals surface area contributed by atoms with Gasteiger partial charge in [-0.3, -0.25) is 9.67 Å². The molecule has 0 aliphatic carbocycles. The van der Waals surface area contributed by atoms with Crippen molar-refractivity contribution < 1.29 is 9.47 Å². The number of hydrogen-bond donors (Lipinski definition) is 1. The quantitative estimate of drug-likeness (QED) is 0.455. The second-order valence-corrected chi connectivity index (χ2v) is 7.69. The number of nitrogens with zero attached hydrogens (tertiary/aromatic N) is 4. The van der Waals surface area contributed by atoms with Gasteiger partial charge in [0.25, 0.3) is 0 Å². The van der Waals surface area contributed by atoms with Crippen molar-refractivity contribution in [3.63, 3.8) is 0 Å². The second kappa shape index (κ2) is 8.96. The minimum atomic E-state index is 0.587. The summed E-state index contributed by atoms with van der Waals surface area (Å²) in [6.07, 6.45) is 5.58. The smallest absolute Gasteiger partial charge is 0.183 e. The van der Waals surface area contributed by atoms with Gasteiger partial charge in [0.15, 0.2) is 16.6 Å². The lowest BCUT2D eigenvalue weighted by Crippen LogP contribution is -2.02. The number of pyridine rings is 1. The van der Waals surface area contributed by atoms with Crippen molar-refractivity contribution in [2.45, 2.75) is 20.0 Å². The van der Waals surface area contributed by atoms with Crippen LogP contribution in [0, 0.1) is 6.92 Å². The fraction of sp³-hybridized carbons (Fsp3) is 0.227. The number of anilines is 1. The maximum absolute atomic E-state index is 5.51. The molecule has 0 amide bonds. The minimum Gasteiger partial charge on any atom is -0.493 e. The van der Waals surface area contributed by atoms with Gasteiger partial charge in [0.1, 0.15) is 5.69 Å². The summed E-state index contributed by atoms with van der Waals surface area (Å²) in [5.74, 6) is 1.45. The van der Waals surface area contributed by atoms with Gasteiger partial charge < -0.3 is 14.8 Å². The number of nitrogens with one attached hydrogen (secondary N) is 1. The Balaban J connectivity index is 1.48. The van der Waals surface area contributed by atoms with Crippen LogP contribution in [-0.2, 0) is 13.1 Å². The summed E-state index contributed by atoms with van der Waals surface area (Å²) < 4.78 is 12.8. The van der Waals surface area contributed by atoms with Gasteiger partial charge in [0, 0.05) is 30.7 Å². The van der Waals surface area contributed by atoms with Crippen molar-refractivity contribution in [1.82, 2.24) is 19.7 Å². The van der Waals surface area contributed by atoms with E-state index in [1.807, 2.05) is 54.2 Å². The molecule has 0 aliphatic rings. The number of methoxy groups -OCH3 is 2. The molecule has 4 aromatic rings. The van der Waals surface area contributed by atoms with Gasteiger partial charge >= 0.3 is 0 Å². The van der Waals surface area contributed by atoms with Gasteiger partial charge in [-0.2, -0.15) is 5.10 Å². The van der Waals surface area contributed by atoms with E-state index in [0.717, 1.165) is 38.3 Å². The van der Waals surface area contributed by atoms with Crippen LogP contribution in [-0.4, -0.2) is 34.0 Å². The fourth-order valence-electron chi connectivity index (χ4n) is 3.22. The zero-order valence-electron chi connectivity index (χ0n) is 17.1. The molecular formula is C22H23N5O2S. The molecule has 3 heterocycles. The van der Waals surface area contributed by atoms with E-state index in [0.29, 0.717) is 18.8 Å². The highest BCUT2D eigenvalue weighted by Gasteiger charge is 2.14. The van der Waals surface area contributed by atoms with E-state index in [-0.39, 0.29) is 0 Å². The number of para-hydroxylation sites is 1. The molecule has 0 bridgehead atoms. The molecule has 0 fully saturated rings. The van der Waals surface area contributed by atoms with E-state index in [9.17, 15) is 0 Å². The standard InChI is InChI=1S/C22H23N5O2S/c1-15-21(18-9-12-27(26-18)14-16-7-10-23-11-8-16)30-22(25-15)24-13-17-5-4-6-19(28-2)20(17)29-3/h4-12H,13-14H2,1-3H3,(H,24,25). The molecule has 30 heavy (non-hydrogen) atoms. The lowest BCUT2D eigenvalue weighted by atomic mass is 10.2. The van der Waals surface area contributed by atoms with Gasteiger partial charge in [0.2, 0.25) is 0 Å². The predicted octanol–water partition coefficient (Wildman–Crippen LogP) is 4.39. The second-order valence-electron chi connectivity index (χ2n) is 6.69. The third-order valence-corrected chi connectivity index (χ3v) is 5.82. The third-order valence-electron chi connectivity index (χ3n) is 4.68. The highest BCUT2D eigenvalue weighted by molar-refractivity contribution is 7.19. The van der Waals surface area contributed by atoms with Crippen LogP contribution in [0.4, 0.5) is 5.13 Å². The van der Waals surface area contributed by atoms with Crippen molar-refractivity contribution in [1.29, 1.82) is 0 Å². The van der Waals surface area contributed by atoms with Crippen molar-refractivity contribution in [2.75, 3.05) is 19.5 Å². The van der Waals surface area contributed by atoms with Crippen LogP contribution in [0.1, 0.15) is 16.8 Å². The molecule has 1 aromatic carbocycles. The predicted molar refractivity (Wildman–Crippen MR) is 118 cm³/mol. The number of hydrogen-bond acceptors (Lipinski definition) is 7. The van der Waals surface area contributed by atoms with Crippen LogP contribution < -0.4 is 14.8 Å². The first-order valence-electron chi connectivity index (χ1n) is 9.52. The Bertz CT molecular complexity index is 1120. The molecule has 0 unspecified atom stereocenters. The number of ether oxygens (including phenoxy) is 2. The average Bonchev–Trinajstić information content (AvgIpc) is 3.38. The Hall–Kier alpha value is -3.39. The van der Waals surface area contributed by atoms with Gasteiger partial charge in [-0.25, -0.2) is 4.98 Å². The van der Waals surface area contributed by atoms with Crippen LogP contribution >= 0.6 is 11.3 Å². The molecular weight excluding hydrogens is 398 g/mol. The molecule has 154 valence electrons. The highest BCUT2D eigenvalue weighted by atomic mass is 32.1. The zero-order chi connectivity index (χ0) is 20.9. The van der Waals surface area contributed by atoms with Crippen molar-refractivity contribution in [2.24, 2.45) is 0 Å². The molecule has 1 N–H and O–H groups in total. The highest BCUT2D eigenvalue weighted by Crippen LogP contribution is 2.34. The van der Waals surface area contributed by atoms with Crippen LogP contribution in [0.5, 0.6) is 11.5 Å². The lowest BCUT2D eigenvalue weighted by Gasteiger charge is -2.12. The number of thiazole rings is 1. The summed E-state index contributed by atoms with van der Waals surface area (Å²) in [4.78, 5) is 9.79. The summed E-state index contributed by atoms with van der Waals surface area (Å²) in [6.45, 7) is 3.30.